The number of carbonyl (C=O) groups excluding carboxylic acids is 2. The Morgan fingerprint density at radius 3 is 2.37 bits per heavy atom. The zero-order valence-electron chi connectivity index (χ0n) is 17.8. The van der Waals surface area contributed by atoms with Crippen LogP contribution in [-0.2, 0) is 16.9 Å². The van der Waals surface area contributed by atoms with Crippen LogP contribution in [0, 0.1) is 0 Å². The van der Waals surface area contributed by atoms with Gasteiger partial charge < -0.3 is 10.2 Å². The van der Waals surface area contributed by atoms with Gasteiger partial charge in [0.05, 0.1) is 6.67 Å². The van der Waals surface area contributed by atoms with Gasteiger partial charge in [-0.15, -0.1) is 0 Å². The fraction of sp³-hybridized carbons (Fsp3) is 0.417. The van der Waals surface area contributed by atoms with Crippen molar-refractivity contribution in [1.29, 1.82) is 0 Å². The summed E-state index contributed by atoms with van der Waals surface area (Å²) >= 11 is 0. The van der Waals surface area contributed by atoms with Crippen LogP contribution in [0.2, 0.25) is 0 Å². The van der Waals surface area contributed by atoms with Gasteiger partial charge in [-0.2, -0.15) is 0 Å². The summed E-state index contributed by atoms with van der Waals surface area (Å²) in [5.41, 5.74) is 2.33. The number of urea groups is 1. The van der Waals surface area contributed by atoms with Gasteiger partial charge in [0.15, 0.2) is 0 Å². The van der Waals surface area contributed by atoms with E-state index in [0.29, 0.717) is 13.0 Å². The number of para-hydroxylation sites is 1. The first-order valence-corrected chi connectivity index (χ1v) is 10.8. The molecule has 6 nitrogen and oxygen atoms in total. The fourth-order valence-corrected chi connectivity index (χ4v) is 4.61. The Bertz CT molecular complexity index is 910. The smallest absolute Gasteiger partial charge is 0.326 e. The molecule has 1 N–H and O–H groups in total. The van der Waals surface area contributed by atoms with Crippen LogP contribution in [0.3, 0.4) is 0 Å². The number of nitrogens with zero attached hydrogens (tertiary/aromatic N) is 3. The second kappa shape index (κ2) is 8.48. The minimum atomic E-state index is -0.980. The number of imide groups is 1. The molecule has 6 heteroatoms. The Kier molecular flexibility index (Phi) is 5.77. The SMILES string of the molecule is CC[C@]1(c2ccccc2)NC(=O)N(CN(C)Cc2ccccc2N2CCCC2)C1=O. The van der Waals surface area contributed by atoms with Crippen molar-refractivity contribution in [3.8, 4) is 0 Å². The predicted molar refractivity (Wildman–Crippen MR) is 118 cm³/mol. The van der Waals surface area contributed by atoms with Crippen LogP contribution >= 0.6 is 0 Å². The molecule has 2 heterocycles. The lowest BCUT2D eigenvalue weighted by Crippen LogP contribution is -2.44. The van der Waals surface area contributed by atoms with E-state index >= 15 is 0 Å². The summed E-state index contributed by atoms with van der Waals surface area (Å²) in [6, 6.07) is 17.6. The summed E-state index contributed by atoms with van der Waals surface area (Å²) in [6.45, 7) is 5.04. The first-order chi connectivity index (χ1) is 14.5. The second-order valence-corrected chi connectivity index (χ2v) is 8.27. The normalized spacial score (nSPS) is 21.6. The van der Waals surface area contributed by atoms with E-state index in [4.69, 9.17) is 0 Å². The molecule has 0 aromatic heterocycles. The Morgan fingerprint density at radius 1 is 1.00 bits per heavy atom. The molecule has 4 rings (SSSR count). The van der Waals surface area contributed by atoms with Crippen molar-refractivity contribution in [2.75, 3.05) is 31.7 Å². The zero-order valence-corrected chi connectivity index (χ0v) is 17.8. The Hall–Kier alpha value is -2.86. The largest absolute Gasteiger partial charge is 0.371 e. The molecule has 0 aliphatic carbocycles. The van der Waals surface area contributed by atoms with E-state index in [1.807, 2.05) is 55.3 Å². The Balaban J connectivity index is 1.50. The highest BCUT2D eigenvalue weighted by Gasteiger charge is 2.51. The summed E-state index contributed by atoms with van der Waals surface area (Å²) in [7, 11) is 1.95. The Labute approximate surface area is 178 Å². The molecule has 2 aromatic rings. The molecule has 0 bridgehead atoms. The maximum atomic E-state index is 13.3. The third-order valence-electron chi connectivity index (χ3n) is 6.23. The monoisotopic (exact) mass is 406 g/mol. The van der Waals surface area contributed by atoms with Gasteiger partial charge in [-0.25, -0.2) is 9.69 Å². The van der Waals surface area contributed by atoms with Crippen molar-refractivity contribution in [2.24, 2.45) is 0 Å². The average molecular weight is 407 g/mol. The van der Waals surface area contributed by atoms with Gasteiger partial charge in [0.1, 0.15) is 5.54 Å². The van der Waals surface area contributed by atoms with Crippen LogP contribution in [0.4, 0.5) is 10.5 Å². The van der Waals surface area contributed by atoms with Crippen molar-refractivity contribution in [1.82, 2.24) is 15.1 Å². The third kappa shape index (κ3) is 3.67. The van der Waals surface area contributed by atoms with Crippen LogP contribution in [0.5, 0.6) is 0 Å². The lowest BCUT2D eigenvalue weighted by Gasteiger charge is -2.28. The van der Waals surface area contributed by atoms with E-state index in [2.05, 4.69) is 28.4 Å². The first-order valence-electron chi connectivity index (χ1n) is 10.8. The van der Waals surface area contributed by atoms with E-state index in [1.165, 1.54) is 29.0 Å². The Morgan fingerprint density at radius 2 is 1.67 bits per heavy atom. The van der Waals surface area contributed by atoms with E-state index in [-0.39, 0.29) is 18.6 Å². The highest BCUT2D eigenvalue weighted by molar-refractivity contribution is 6.07. The van der Waals surface area contributed by atoms with E-state index in [1.54, 1.807) is 0 Å². The molecular formula is C24H30N4O2. The van der Waals surface area contributed by atoms with Crippen molar-refractivity contribution >= 4 is 17.6 Å². The second-order valence-electron chi connectivity index (χ2n) is 8.27. The number of carbonyl (C=O) groups is 2. The molecule has 2 aromatic carbocycles. The fourth-order valence-electron chi connectivity index (χ4n) is 4.61. The number of anilines is 1. The van der Waals surface area contributed by atoms with Gasteiger partial charge in [-0.3, -0.25) is 9.69 Å². The molecule has 0 spiro atoms. The van der Waals surface area contributed by atoms with Crippen LogP contribution in [0.25, 0.3) is 0 Å². The van der Waals surface area contributed by atoms with Gasteiger partial charge in [-0.05, 0) is 43.5 Å². The molecular weight excluding hydrogens is 376 g/mol. The van der Waals surface area contributed by atoms with Crippen molar-refractivity contribution < 1.29 is 9.59 Å². The van der Waals surface area contributed by atoms with Crippen molar-refractivity contribution in [3.63, 3.8) is 0 Å². The van der Waals surface area contributed by atoms with E-state index in [0.717, 1.165) is 18.7 Å². The standard InChI is InChI=1S/C24H30N4O2/c1-3-24(20-12-5-4-6-13-20)22(29)28(23(30)25-24)18-26(2)17-19-11-7-8-14-21(19)27-15-9-10-16-27/h4-8,11-14H,3,9-10,15-18H2,1-2H3,(H,25,30)/t24-/m1/s1. The highest BCUT2D eigenvalue weighted by atomic mass is 16.2. The van der Waals surface area contributed by atoms with E-state index in [9.17, 15) is 9.59 Å². The number of benzene rings is 2. The first kappa shape index (κ1) is 20.4. The number of nitrogens with one attached hydrogen (secondary N) is 1. The highest BCUT2D eigenvalue weighted by Crippen LogP contribution is 2.32. The van der Waals surface area contributed by atoms with Gasteiger partial charge in [-0.1, -0.05) is 55.5 Å². The zero-order chi connectivity index (χ0) is 21.1. The minimum Gasteiger partial charge on any atom is -0.371 e. The molecule has 2 aliphatic heterocycles. The maximum absolute atomic E-state index is 13.3. The van der Waals surface area contributed by atoms with Crippen molar-refractivity contribution in [3.05, 3.63) is 65.7 Å². The van der Waals surface area contributed by atoms with Crippen LogP contribution in [0.1, 0.15) is 37.3 Å². The molecule has 2 fully saturated rings. The lowest BCUT2D eigenvalue weighted by molar-refractivity contribution is -0.133. The van der Waals surface area contributed by atoms with Crippen LogP contribution < -0.4 is 10.2 Å². The van der Waals surface area contributed by atoms with Gasteiger partial charge in [0, 0.05) is 25.3 Å². The number of hydrogen-bond donors (Lipinski definition) is 1. The molecule has 0 saturated carbocycles. The van der Waals surface area contributed by atoms with Crippen LogP contribution in [0.15, 0.2) is 54.6 Å². The molecule has 0 radical (unpaired) electrons. The number of hydrogen-bond acceptors (Lipinski definition) is 4. The molecule has 3 amide bonds. The summed E-state index contributed by atoms with van der Waals surface area (Å²) in [5, 5.41) is 2.96. The molecule has 2 aliphatic rings. The van der Waals surface area contributed by atoms with Crippen LogP contribution in [-0.4, -0.2) is 48.5 Å². The lowest BCUT2D eigenvalue weighted by atomic mass is 9.87. The molecule has 2 saturated heterocycles. The summed E-state index contributed by atoms with van der Waals surface area (Å²) in [4.78, 5) is 31.9. The topological polar surface area (TPSA) is 55.9 Å². The third-order valence-corrected chi connectivity index (χ3v) is 6.23. The molecule has 1 atom stereocenters. The number of rotatable bonds is 7. The van der Waals surface area contributed by atoms with E-state index < -0.39 is 5.54 Å². The quantitative estimate of drug-likeness (QED) is 0.715. The van der Waals surface area contributed by atoms with Crippen molar-refractivity contribution in [2.45, 2.75) is 38.3 Å². The van der Waals surface area contributed by atoms with Gasteiger partial charge in [0.25, 0.3) is 5.91 Å². The predicted octanol–water partition coefficient (Wildman–Crippen LogP) is 3.53. The average Bonchev–Trinajstić information content (AvgIpc) is 3.38. The maximum Gasteiger partial charge on any atom is 0.326 e. The molecule has 30 heavy (non-hydrogen) atoms. The summed E-state index contributed by atoms with van der Waals surface area (Å²) in [6.07, 6.45) is 2.97. The molecule has 0 unspecified atom stereocenters. The summed E-state index contributed by atoms with van der Waals surface area (Å²) < 4.78 is 0. The van der Waals surface area contributed by atoms with Gasteiger partial charge in [0.2, 0.25) is 0 Å². The molecule has 158 valence electrons. The summed E-state index contributed by atoms with van der Waals surface area (Å²) in [5.74, 6) is -0.180. The van der Waals surface area contributed by atoms with Gasteiger partial charge >= 0.3 is 6.03 Å². The number of amides is 3. The minimum absolute atomic E-state index is 0.180.